The van der Waals surface area contributed by atoms with E-state index >= 15 is 0 Å². The van der Waals surface area contributed by atoms with Crippen LogP contribution in [0.4, 0.5) is 0 Å². The maximum Gasteiger partial charge on any atom is 0.170 e. The lowest BCUT2D eigenvalue weighted by atomic mass is 9.70. The minimum atomic E-state index is -0.616. The third kappa shape index (κ3) is 2.84. The van der Waals surface area contributed by atoms with Crippen LogP contribution in [0.5, 0.6) is 0 Å². The third-order valence-corrected chi connectivity index (χ3v) is 4.97. The Hall–Kier alpha value is -2.15. The van der Waals surface area contributed by atoms with Crippen LogP contribution in [-0.2, 0) is 4.74 Å². The number of halogens is 1. The summed E-state index contributed by atoms with van der Waals surface area (Å²) in [6.07, 6.45) is -0.524. The standard InChI is InChI=1S/C20H18ClNO2/c1-2-24-20-17(19(23)13-8-4-3-5-9-13)16(12-22)14-10-6-7-11-15(14)18(20)21/h3-11,16-18,20H,2H2,1H3/t16-,17-,18+,20+/m0/s1. The highest BCUT2D eigenvalue weighted by Crippen LogP contribution is 2.46. The Bertz CT molecular complexity index is 769. The number of benzene rings is 2. The van der Waals surface area contributed by atoms with Gasteiger partial charge in [-0.05, 0) is 18.1 Å². The quantitative estimate of drug-likeness (QED) is 0.609. The topological polar surface area (TPSA) is 50.1 Å². The van der Waals surface area contributed by atoms with E-state index in [0.717, 1.165) is 11.1 Å². The molecule has 3 nitrogen and oxygen atoms in total. The summed E-state index contributed by atoms with van der Waals surface area (Å²) in [4.78, 5) is 13.1. The van der Waals surface area contributed by atoms with E-state index in [-0.39, 0.29) is 5.78 Å². The van der Waals surface area contributed by atoms with Crippen molar-refractivity contribution in [2.45, 2.75) is 24.3 Å². The number of carbonyl (C=O) groups is 1. The van der Waals surface area contributed by atoms with E-state index in [1.54, 1.807) is 12.1 Å². The minimum absolute atomic E-state index is 0.0965. The van der Waals surface area contributed by atoms with E-state index in [1.807, 2.05) is 49.4 Å². The number of nitriles is 1. The molecule has 0 bridgehead atoms. The maximum absolute atomic E-state index is 13.1. The zero-order chi connectivity index (χ0) is 17.1. The average Bonchev–Trinajstić information content (AvgIpc) is 2.64. The molecule has 24 heavy (non-hydrogen) atoms. The molecule has 0 unspecified atom stereocenters. The molecule has 122 valence electrons. The molecular weight excluding hydrogens is 322 g/mol. The van der Waals surface area contributed by atoms with Crippen LogP contribution in [0.25, 0.3) is 0 Å². The summed E-state index contributed by atoms with van der Waals surface area (Å²) in [6, 6.07) is 18.9. The number of alkyl halides is 1. The van der Waals surface area contributed by atoms with E-state index < -0.39 is 23.3 Å². The summed E-state index contributed by atoms with van der Waals surface area (Å²) in [7, 11) is 0. The van der Waals surface area contributed by atoms with Crippen LogP contribution in [0, 0.1) is 17.2 Å². The van der Waals surface area contributed by atoms with Crippen LogP contribution in [0.2, 0.25) is 0 Å². The van der Waals surface area contributed by atoms with Gasteiger partial charge in [0, 0.05) is 12.2 Å². The van der Waals surface area contributed by atoms with Gasteiger partial charge in [0.15, 0.2) is 5.78 Å². The number of ketones is 1. The number of ether oxygens (including phenoxy) is 1. The molecular formula is C20H18ClNO2. The SMILES string of the molecule is CCO[C@@H]1[C@H](C(=O)c2ccccc2)[C@@H](C#N)c2ccccc2[C@H]1Cl. The van der Waals surface area contributed by atoms with Gasteiger partial charge in [-0.3, -0.25) is 4.79 Å². The molecule has 0 N–H and O–H groups in total. The fourth-order valence-electron chi connectivity index (χ4n) is 3.41. The van der Waals surface area contributed by atoms with Gasteiger partial charge in [0.25, 0.3) is 0 Å². The molecule has 0 saturated heterocycles. The van der Waals surface area contributed by atoms with E-state index in [0.29, 0.717) is 12.2 Å². The Kier molecular flexibility index (Phi) is 4.99. The zero-order valence-corrected chi connectivity index (χ0v) is 14.1. The minimum Gasteiger partial charge on any atom is -0.376 e. The smallest absolute Gasteiger partial charge is 0.170 e. The Morgan fingerprint density at radius 3 is 2.38 bits per heavy atom. The van der Waals surface area contributed by atoms with Gasteiger partial charge < -0.3 is 4.74 Å². The number of rotatable bonds is 4. The van der Waals surface area contributed by atoms with Crippen LogP contribution in [0.15, 0.2) is 54.6 Å². The molecule has 0 fully saturated rings. The van der Waals surface area contributed by atoms with Crippen molar-refractivity contribution < 1.29 is 9.53 Å². The summed E-state index contributed by atoms with van der Waals surface area (Å²) in [6.45, 7) is 2.31. The number of carbonyl (C=O) groups excluding carboxylic acids is 1. The zero-order valence-electron chi connectivity index (χ0n) is 13.4. The number of fused-ring (bicyclic) bond motifs is 1. The molecule has 4 heteroatoms. The Morgan fingerprint density at radius 1 is 1.12 bits per heavy atom. The van der Waals surface area contributed by atoms with Crippen LogP contribution in [0.1, 0.15) is 39.7 Å². The average molecular weight is 340 g/mol. The molecule has 0 heterocycles. The molecule has 1 aliphatic rings. The lowest BCUT2D eigenvalue weighted by Crippen LogP contribution is -2.42. The highest BCUT2D eigenvalue weighted by atomic mass is 35.5. The summed E-state index contributed by atoms with van der Waals surface area (Å²) in [5.74, 6) is -1.28. The largest absolute Gasteiger partial charge is 0.376 e. The predicted octanol–water partition coefficient (Wildman–Crippen LogP) is 4.49. The van der Waals surface area contributed by atoms with Gasteiger partial charge >= 0.3 is 0 Å². The summed E-state index contributed by atoms with van der Waals surface area (Å²) < 4.78 is 5.84. The first-order chi connectivity index (χ1) is 11.7. The van der Waals surface area contributed by atoms with Gasteiger partial charge in [0.05, 0.1) is 29.4 Å². The normalized spacial score (nSPS) is 25.5. The number of hydrogen-bond acceptors (Lipinski definition) is 3. The van der Waals surface area contributed by atoms with Crippen molar-refractivity contribution in [1.29, 1.82) is 5.26 Å². The lowest BCUT2D eigenvalue weighted by molar-refractivity contribution is 0.0101. The third-order valence-electron chi connectivity index (χ3n) is 4.49. The van der Waals surface area contributed by atoms with Crippen molar-refractivity contribution in [3.63, 3.8) is 0 Å². The van der Waals surface area contributed by atoms with E-state index in [1.165, 1.54) is 0 Å². The van der Waals surface area contributed by atoms with Gasteiger partial charge in [-0.2, -0.15) is 5.26 Å². The monoisotopic (exact) mass is 339 g/mol. The Morgan fingerprint density at radius 2 is 1.75 bits per heavy atom. The summed E-state index contributed by atoms with van der Waals surface area (Å²) in [5, 5.41) is 9.32. The van der Waals surface area contributed by atoms with Crippen LogP contribution < -0.4 is 0 Å². The molecule has 3 rings (SSSR count). The second kappa shape index (κ2) is 7.17. The van der Waals surface area contributed by atoms with Gasteiger partial charge in [0.1, 0.15) is 0 Å². The molecule has 0 aliphatic heterocycles. The van der Waals surface area contributed by atoms with Gasteiger partial charge in [-0.1, -0.05) is 54.6 Å². The second-order valence-electron chi connectivity index (χ2n) is 5.81. The molecule has 4 atom stereocenters. The highest BCUT2D eigenvalue weighted by Gasteiger charge is 2.46. The molecule has 0 aromatic heterocycles. The first-order valence-electron chi connectivity index (χ1n) is 8.02. The first-order valence-corrected chi connectivity index (χ1v) is 8.46. The Balaban J connectivity index is 2.11. The van der Waals surface area contributed by atoms with E-state index in [4.69, 9.17) is 16.3 Å². The van der Waals surface area contributed by atoms with E-state index in [2.05, 4.69) is 6.07 Å². The van der Waals surface area contributed by atoms with Crippen molar-refractivity contribution in [1.82, 2.24) is 0 Å². The fraction of sp³-hybridized carbons (Fsp3) is 0.300. The van der Waals surface area contributed by atoms with Gasteiger partial charge in [0.2, 0.25) is 0 Å². The Labute approximate surface area is 146 Å². The number of nitrogens with zero attached hydrogens (tertiary/aromatic N) is 1. The van der Waals surface area contributed by atoms with Crippen molar-refractivity contribution in [2.75, 3.05) is 6.61 Å². The molecule has 0 amide bonds. The summed E-state index contributed by atoms with van der Waals surface area (Å²) >= 11 is 6.65. The molecule has 2 aromatic carbocycles. The number of hydrogen-bond donors (Lipinski definition) is 0. The van der Waals surface area contributed by atoms with Gasteiger partial charge in [-0.15, -0.1) is 11.6 Å². The van der Waals surface area contributed by atoms with Gasteiger partial charge in [-0.25, -0.2) is 0 Å². The van der Waals surface area contributed by atoms with E-state index in [9.17, 15) is 10.1 Å². The first kappa shape index (κ1) is 16.7. The molecule has 0 spiro atoms. The summed E-state index contributed by atoms with van der Waals surface area (Å²) in [5.41, 5.74) is 2.28. The van der Waals surface area contributed by atoms with Crippen molar-refractivity contribution in [3.8, 4) is 6.07 Å². The second-order valence-corrected chi connectivity index (χ2v) is 6.28. The molecule has 1 aliphatic carbocycles. The van der Waals surface area contributed by atoms with Crippen LogP contribution in [0.3, 0.4) is 0 Å². The van der Waals surface area contributed by atoms with Crippen LogP contribution in [-0.4, -0.2) is 18.5 Å². The maximum atomic E-state index is 13.1. The lowest BCUT2D eigenvalue weighted by Gasteiger charge is -2.38. The molecule has 2 aromatic rings. The number of Topliss-reactive ketones (excluding diaryl/α,β-unsaturated/α-hetero) is 1. The van der Waals surface area contributed by atoms with Crippen molar-refractivity contribution in [2.24, 2.45) is 5.92 Å². The van der Waals surface area contributed by atoms with Crippen molar-refractivity contribution >= 4 is 17.4 Å². The predicted molar refractivity (Wildman–Crippen MR) is 93.1 cm³/mol. The van der Waals surface area contributed by atoms with Crippen molar-refractivity contribution in [3.05, 3.63) is 71.3 Å². The highest BCUT2D eigenvalue weighted by molar-refractivity contribution is 6.22. The van der Waals surface area contributed by atoms with Crippen LogP contribution >= 0.6 is 11.6 Å². The fourth-order valence-corrected chi connectivity index (χ4v) is 3.84. The molecule has 0 saturated carbocycles. The molecule has 0 radical (unpaired) electrons.